The van der Waals surface area contributed by atoms with Crippen LogP contribution in [0.25, 0.3) is 0 Å². The fraction of sp³-hybridized carbons (Fsp3) is 0.0952. The highest BCUT2D eigenvalue weighted by atomic mass is 32.2. The van der Waals surface area contributed by atoms with E-state index in [-0.39, 0.29) is 10.6 Å². The Hall–Kier alpha value is -2.84. The molecule has 0 heterocycles. The Morgan fingerprint density at radius 3 is 2.31 bits per heavy atom. The lowest BCUT2D eigenvalue weighted by molar-refractivity contribution is -0.114. The average molecular weight is 431 g/mol. The van der Waals surface area contributed by atoms with Crippen molar-refractivity contribution in [1.29, 1.82) is 0 Å². The van der Waals surface area contributed by atoms with E-state index in [1.165, 1.54) is 42.1 Å². The number of anilines is 2. The Bertz CT molecular complexity index is 1090. The number of carbonyl (C=O) groups is 1. The third kappa shape index (κ3) is 5.16. The Morgan fingerprint density at radius 2 is 1.69 bits per heavy atom. The van der Waals surface area contributed by atoms with Crippen LogP contribution < -0.4 is 9.62 Å². The standard InChI is InChI=1S/C21H19FN2O3S2/c1-28-19-10-12-20(13-11-19)29(26,27)24(18-9-5-6-16(22)14-18)15-21(25)23-17-7-3-2-4-8-17/h2-14H,15H2,1H3,(H,23,25). The van der Waals surface area contributed by atoms with Crippen LogP contribution in [-0.2, 0) is 14.8 Å². The SMILES string of the molecule is CSc1ccc(S(=O)(=O)N(CC(=O)Nc2ccccc2)c2cccc(F)c2)cc1. The van der Waals surface area contributed by atoms with E-state index >= 15 is 0 Å². The number of hydrogen-bond donors (Lipinski definition) is 1. The molecule has 0 radical (unpaired) electrons. The number of rotatable bonds is 7. The molecule has 29 heavy (non-hydrogen) atoms. The minimum atomic E-state index is -4.09. The number of carbonyl (C=O) groups excluding carboxylic acids is 1. The number of nitrogens with one attached hydrogen (secondary N) is 1. The monoisotopic (exact) mass is 430 g/mol. The molecule has 0 atom stereocenters. The summed E-state index contributed by atoms with van der Waals surface area (Å²) < 4.78 is 41.2. The van der Waals surface area contributed by atoms with E-state index in [4.69, 9.17) is 0 Å². The first-order valence-electron chi connectivity index (χ1n) is 8.67. The molecule has 3 aromatic rings. The smallest absolute Gasteiger partial charge is 0.264 e. The van der Waals surface area contributed by atoms with Gasteiger partial charge >= 0.3 is 0 Å². The van der Waals surface area contributed by atoms with Gasteiger partial charge in [-0.3, -0.25) is 9.10 Å². The molecule has 5 nitrogen and oxygen atoms in total. The van der Waals surface area contributed by atoms with Gasteiger partial charge in [-0.25, -0.2) is 12.8 Å². The Labute approximate surface area is 173 Å². The highest BCUT2D eigenvalue weighted by Crippen LogP contribution is 2.26. The van der Waals surface area contributed by atoms with Crippen molar-refractivity contribution in [2.75, 3.05) is 22.4 Å². The molecule has 8 heteroatoms. The van der Waals surface area contributed by atoms with Crippen molar-refractivity contribution >= 4 is 39.1 Å². The van der Waals surface area contributed by atoms with Crippen LogP contribution in [0.2, 0.25) is 0 Å². The molecular formula is C21H19FN2O3S2. The minimum Gasteiger partial charge on any atom is -0.325 e. The van der Waals surface area contributed by atoms with Crippen LogP contribution in [-0.4, -0.2) is 27.1 Å². The number of sulfonamides is 1. The summed E-state index contributed by atoms with van der Waals surface area (Å²) in [6, 6.07) is 20.2. The molecular weight excluding hydrogens is 411 g/mol. The molecule has 150 valence electrons. The molecule has 0 aliphatic rings. The van der Waals surface area contributed by atoms with Gasteiger partial charge in [-0.15, -0.1) is 11.8 Å². The molecule has 0 aromatic heterocycles. The summed E-state index contributed by atoms with van der Waals surface area (Å²) in [5.74, 6) is -1.13. The number of nitrogens with zero attached hydrogens (tertiary/aromatic N) is 1. The van der Waals surface area contributed by atoms with E-state index in [1.807, 2.05) is 6.26 Å². The number of benzene rings is 3. The van der Waals surface area contributed by atoms with Gasteiger partial charge in [0.25, 0.3) is 10.0 Å². The third-order valence-corrected chi connectivity index (χ3v) is 6.62. The van der Waals surface area contributed by atoms with Crippen molar-refractivity contribution in [3.63, 3.8) is 0 Å². The fourth-order valence-corrected chi connectivity index (χ4v) is 4.49. The van der Waals surface area contributed by atoms with Crippen molar-refractivity contribution in [3.05, 3.63) is 84.7 Å². The predicted molar refractivity (Wildman–Crippen MR) is 114 cm³/mol. The Morgan fingerprint density at radius 1 is 1.00 bits per heavy atom. The topological polar surface area (TPSA) is 66.5 Å². The molecule has 1 amide bonds. The number of halogens is 1. The van der Waals surface area contributed by atoms with E-state index in [1.54, 1.807) is 42.5 Å². The van der Waals surface area contributed by atoms with Gasteiger partial charge < -0.3 is 5.32 Å². The van der Waals surface area contributed by atoms with E-state index < -0.39 is 28.3 Å². The van der Waals surface area contributed by atoms with Crippen LogP contribution in [0.5, 0.6) is 0 Å². The fourth-order valence-electron chi connectivity index (χ4n) is 2.67. The third-order valence-electron chi connectivity index (χ3n) is 4.09. The lowest BCUT2D eigenvalue weighted by atomic mass is 10.3. The molecule has 0 bridgehead atoms. The van der Waals surface area contributed by atoms with Gasteiger partial charge in [0.2, 0.25) is 5.91 Å². The van der Waals surface area contributed by atoms with Crippen LogP contribution in [0.3, 0.4) is 0 Å². The van der Waals surface area contributed by atoms with Gasteiger partial charge in [0, 0.05) is 10.6 Å². The first kappa shape index (κ1) is 20.9. The quantitative estimate of drug-likeness (QED) is 0.565. The van der Waals surface area contributed by atoms with Crippen LogP contribution in [0.15, 0.2) is 88.7 Å². The molecule has 0 unspecified atom stereocenters. The molecule has 0 spiro atoms. The van der Waals surface area contributed by atoms with Crippen LogP contribution >= 0.6 is 11.8 Å². The van der Waals surface area contributed by atoms with Gasteiger partial charge in [0.05, 0.1) is 10.6 Å². The zero-order valence-corrected chi connectivity index (χ0v) is 17.2. The van der Waals surface area contributed by atoms with Crippen molar-refractivity contribution in [3.8, 4) is 0 Å². The second kappa shape index (κ2) is 9.11. The lowest BCUT2D eigenvalue weighted by Gasteiger charge is -2.24. The molecule has 0 aliphatic heterocycles. The molecule has 3 aromatic carbocycles. The zero-order valence-electron chi connectivity index (χ0n) is 15.6. The van der Waals surface area contributed by atoms with Crippen LogP contribution in [0.1, 0.15) is 0 Å². The van der Waals surface area contributed by atoms with Gasteiger partial charge in [0.1, 0.15) is 12.4 Å². The summed E-state index contributed by atoms with van der Waals surface area (Å²) in [5, 5.41) is 2.66. The largest absolute Gasteiger partial charge is 0.325 e. The van der Waals surface area contributed by atoms with E-state index in [0.29, 0.717) is 5.69 Å². The summed E-state index contributed by atoms with van der Waals surface area (Å²) >= 11 is 1.48. The highest BCUT2D eigenvalue weighted by molar-refractivity contribution is 7.98. The van der Waals surface area contributed by atoms with E-state index in [0.717, 1.165) is 15.3 Å². The average Bonchev–Trinajstić information content (AvgIpc) is 2.72. The van der Waals surface area contributed by atoms with E-state index in [9.17, 15) is 17.6 Å². The second-order valence-corrected chi connectivity index (χ2v) is 8.82. The minimum absolute atomic E-state index is 0.0204. The second-order valence-electron chi connectivity index (χ2n) is 6.08. The normalized spacial score (nSPS) is 11.1. The molecule has 3 rings (SSSR count). The predicted octanol–water partition coefficient (Wildman–Crippen LogP) is 4.38. The number of amides is 1. The molecule has 1 N–H and O–H groups in total. The van der Waals surface area contributed by atoms with Crippen molar-refractivity contribution in [2.24, 2.45) is 0 Å². The van der Waals surface area contributed by atoms with Crippen molar-refractivity contribution < 1.29 is 17.6 Å². The van der Waals surface area contributed by atoms with Crippen molar-refractivity contribution in [1.82, 2.24) is 0 Å². The summed E-state index contributed by atoms with van der Waals surface area (Å²) in [5.41, 5.74) is 0.612. The van der Waals surface area contributed by atoms with Gasteiger partial charge in [-0.1, -0.05) is 24.3 Å². The Balaban J connectivity index is 1.95. The lowest BCUT2D eigenvalue weighted by Crippen LogP contribution is -2.38. The van der Waals surface area contributed by atoms with Crippen LogP contribution in [0, 0.1) is 5.82 Å². The number of para-hydroxylation sites is 1. The van der Waals surface area contributed by atoms with Crippen LogP contribution in [0.4, 0.5) is 15.8 Å². The molecule has 0 fully saturated rings. The summed E-state index contributed by atoms with van der Waals surface area (Å²) in [6.07, 6.45) is 1.89. The summed E-state index contributed by atoms with van der Waals surface area (Å²) in [6.45, 7) is -0.495. The highest BCUT2D eigenvalue weighted by Gasteiger charge is 2.27. The first-order chi connectivity index (χ1) is 13.9. The molecule has 0 saturated carbocycles. The maximum atomic E-state index is 13.8. The molecule has 0 aliphatic carbocycles. The zero-order chi connectivity index (χ0) is 20.9. The van der Waals surface area contributed by atoms with Gasteiger partial charge in [-0.05, 0) is 60.9 Å². The van der Waals surface area contributed by atoms with Crippen molar-refractivity contribution in [2.45, 2.75) is 9.79 Å². The Kier molecular flexibility index (Phi) is 6.56. The van der Waals surface area contributed by atoms with E-state index in [2.05, 4.69) is 5.32 Å². The number of thioether (sulfide) groups is 1. The maximum Gasteiger partial charge on any atom is 0.264 e. The number of hydrogen-bond acceptors (Lipinski definition) is 4. The maximum absolute atomic E-state index is 13.8. The summed E-state index contributed by atoms with van der Waals surface area (Å²) in [4.78, 5) is 13.5. The first-order valence-corrected chi connectivity index (χ1v) is 11.3. The molecule has 0 saturated heterocycles. The summed E-state index contributed by atoms with van der Waals surface area (Å²) in [7, 11) is -4.09. The van der Waals surface area contributed by atoms with Gasteiger partial charge in [0.15, 0.2) is 0 Å². The van der Waals surface area contributed by atoms with Gasteiger partial charge in [-0.2, -0.15) is 0 Å².